The topological polar surface area (TPSA) is 69.4 Å². The van der Waals surface area contributed by atoms with E-state index in [1.807, 2.05) is 65.1 Å². The molecule has 2 N–H and O–H groups in total. The number of Topliss-reactive ketones (excluding diaryl/α,β-unsaturated/α-hetero) is 1. The minimum atomic E-state index is -0.751. The van der Waals surface area contributed by atoms with Gasteiger partial charge in [0.1, 0.15) is 5.75 Å². The van der Waals surface area contributed by atoms with E-state index in [0.29, 0.717) is 10.4 Å². The van der Waals surface area contributed by atoms with E-state index in [2.05, 4.69) is 0 Å². The number of primary amides is 1. The van der Waals surface area contributed by atoms with Crippen LogP contribution < -0.4 is 10.5 Å². The van der Waals surface area contributed by atoms with Crippen molar-refractivity contribution in [1.82, 2.24) is 0 Å². The molecule has 5 heteroatoms. The first-order valence-electron chi connectivity index (χ1n) is 8.26. The molecule has 2 rings (SSSR count). The highest BCUT2D eigenvalue weighted by molar-refractivity contribution is 7.12. The molecule has 0 saturated carbocycles. The second-order valence-electron chi connectivity index (χ2n) is 7.07. The molecule has 0 saturated heterocycles. The summed E-state index contributed by atoms with van der Waals surface area (Å²) in [6.07, 6.45) is 0.0815. The summed E-state index contributed by atoms with van der Waals surface area (Å²) in [4.78, 5) is 25.2. The molecule has 0 unspecified atom stereocenters. The van der Waals surface area contributed by atoms with Crippen LogP contribution in [-0.2, 0) is 5.41 Å². The van der Waals surface area contributed by atoms with Crippen molar-refractivity contribution >= 4 is 23.0 Å². The van der Waals surface area contributed by atoms with E-state index in [0.717, 1.165) is 22.4 Å². The summed E-state index contributed by atoms with van der Waals surface area (Å²) in [5, 5.41) is 1.86. The van der Waals surface area contributed by atoms with Crippen LogP contribution in [0.2, 0.25) is 0 Å². The number of rotatable bonds is 6. The van der Waals surface area contributed by atoms with Gasteiger partial charge in [0.25, 0.3) is 5.91 Å². The first kappa shape index (κ1) is 19.2. The van der Waals surface area contributed by atoms with Crippen molar-refractivity contribution in [3.05, 3.63) is 50.7 Å². The Morgan fingerprint density at radius 1 is 1.20 bits per heavy atom. The number of carbonyl (C=O) groups is 2. The van der Waals surface area contributed by atoms with Crippen molar-refractivity contribution in [3.63, 3.8) is 0 Å². The average molecular weight is 359 g/mol. The number of thiophene rings is 1. The van der Waals surface area contributed by atoms with Gasteiger partial charge in [0.15, 0.2) is 5.78 Å². The molecule has 0 aliphatic rings. The largest absolute Gasteiger partial charge is 0.491 e. The Morgan fingerprint density at radius 3 is 2.32 bits per heavy atom. The molecule has 0 atom stereocenters. The summed E-state index contributed by atoms with van der Waals surface area (Å²) in [5.41, 5.74) is 7.83. The highest BCUT2D eigenvalue weighted by Crippen LogP contribution is 2.36. The smallest absolute Gasteiger partial charge is 0.259 e. The van der Waals surface area contributed by atoms with Crippen LogP contribution in [-0.4, -0.2) is 17.8 Å². The Kier molecular flexibility index (Phi) is 5.37. The maximum Gasteiger partial charge on any atom is 0.259 e. The summed E-state index contributed by atoms with van der Waals surface area (Å²) in [6, 6.07) is 5.53. The first-order valence-corrected chi connectivity index (χ1v) is 9.14. The summed E-state index contributed by atoms with van der Waals surface area (Å²) in [6.45, 7) is 11.4. The van der Waals surface area contributed by atoms with Gasteiger partial charge in [-0.3, -0.25) is 9.59 Å². The third kappa shape index (κ3) is 3.76. The molecule has 25 heavy (non-hydrogen) atoms. The Bertz CT molecular complexity index is 818. The zero-order valence-corrected chi connectivity index (χ0v) is 16.4. The van der Waals surface area contributed by atoms with Gasteiger partial charge in [-0.25, -0.2) is 0 Å². The molecular formula is C20H25NO3S. The molecule has 1 aromatic heterocycles. The van der Waals surface area contributed by atoms with Crippen LogP contribution in [0.25, 0.3) is 0 Å². The van der Waals surface area contributed by atoms with Gasteiger partial charge in [0.2, 0.25) is 0 Å². The Balaban J connectivity index is 2.40. The van der Waals surface area contributed by atoms with Crippen LogP contribution in [0.15, 0.2) is 23.6 Å². The van der Waals surface area contributed by atoms with Crippen molar-refractivity contribution in [2.45, 2.75) is 53.1 Å². The summed E-state index contributed by atoms with van der Waals surface area (Å²) in [5.74, 6) is 0.311. The van der Waals surface area contributed by atoms with E-state index in [-0.39, 0.29) is 11.9 Å². The van der Waals surface area contributed by atoms with Crippen LogP contribution in [0.1, 0.15) is 64.4 Å². The monoisotopic (exact) mass is 359 g/mol. The van der Waals surface area contributed by atoms with Crippen molar-refractivity contribution in [1.29, 1.82) is 0 Å². The second-order valence-corrected chi connectivity index (χ2v) is 7.94. The summed E-state index contributed by atoms with van der Waals surface area (Å²) >= 11 is 1.29. The fourth-order valence-corrected chi connectivity index (χ4v) is 4.08. The van der Waals surface area contributed by atoms with Gasteiger partial charge in [-0.15, -0.1) is 11.3 Å². The molecule has 1 aromatic carbocycles. The SMILES string of the molecule is Cc1cc(OC(C)C)ccc1C(=O)C(C)(C)c1csc(C(N)=O)c1C. The van der Waals surface area contributed by atoms with Crippen molar-refractivity contribution in [3.8, 4) is 5.75 Å². The number of nitrogens with two attached hydrogens (primary N) is 1. The van der Waals surface area contributed by atoms with Gasteiger partial charge < -0.3 is 10.5 Å². The summed E-state index contributed by atoms with van der Waals surface area (Å²) in [7, 11) is 0. The van der Waals surface area contributed by atoms with Gasteiger partial charge in [-0.05, 0) is 81.8 Å². The standard InChI is InChI=1S/C20H25NO3S/c1-11(2)24-14-7-8-15(12(3)9-14)18(22)20(5,6)16-10-25-17(13(16)4)19(21)23/h7-11H,1-6H3,(H2,21,23). The van der Waals surface area contributed by atoms with Gasteiger partial charge in [-0.1, -0.05) is 0 Å². The molecule has 0 fully saturated rings. The maximum atomic E-state index is 13.2. The number of amides is 1. The lowest BCUT2D eigenvalue weighted by atomic mass is 9.76. The molecule has 4 nitrogen and oxygen atoms in total. The lowest BCUT2D eigenvalue weighted by Gasteiger charge is -2.25. The molecule has 0 spiro atoms. The molecule has 2 aromatic rings. The predicted octanol–water partition coefficient (Wildman–Crippen LogP) is 4.41. The highest BCUT2D eigenvalue weighted by Gasteiger charge is 2.34. The average Bonchev–Trinajstić information content (AvgIpc) is 2.88. The second kappa shape index (κ2) is 7.00. The molecule has 134 valence electrons. The number of benzene rings is 1. The van der Waals surface area contributed by atoms with Crippen LogP contribution in [0.5, 0.6) is 5.75 Å². The van der Waals surface area contributed by atoms with Gasteiger partial charge in [0, 0.05) is 5.56 Å². The molecule has 0 radical (unpaired) electrons. The Hall–Kier alpha value is -2.14. The molecular weight excluding hydrogens is 334 g/mol. The van der Waals surface area contributed by atoms with Crippen LogP contribution in [0, 0.1) is 13.8 Å². The fraction of sp³-hybridized carbons (Fsp3) is 0.400. The molecule has 1 heterocycles. The van der Waals surface area contributed by atoms with Crippen molar-refractivity contribution in [2.24, 2.45) is 5.73 Å². The molecule has 0 bridgehead atoms. The van der Waals surface area contributed by atoms with Gasteiger partial charge in [-0.2, -0.15) is 0 Å². The maximum absolute atomic E-state index is 13.2. The number of hydrogen-bond acceptors (Lipinski definition) is 4. The normalized spacial score (nSPS) is 11.6. The van der Waals surface area contributed by atoms with Gasteiger partial charge >= 0.3 is 0 Å². The lowest BCUT2D eigenvalue weighted by Crippen LogP contribution is -2.30. The van der Waals surface area contributed by atoms with Crippen molar-refractivity contribution in [2.75, 3.05) is 0 Å². The quantitative estimate of drug-likeness (QED) is 0.777. The Morgan fingerprint density at radius 2 is 1.84 bits per heavy atom. The van der Waals surface area contributed by atoms with Crippen LogP contribution >= 0.6 is 11.3 Å². The van der Waals surface area contributed by atoms with Crippen molar-refractivity contribution < 1.29 is 14.3 Å². The zero-order valence-electron chi connectivity index (χ0n) is 15.6. The van der Waals surface area contributed by atoms with Crippen LogP contribution in [0.4, 0.5) is 0 Å². The van der Waals surface area contributed by atoms with Gasteiger partial charge in [0.05, 0.1) is 16.4 Å². The van der Waals surface area contributed by atoms with E-state index in [9.17, 15) is 9.59 Å². The minimum Gasteiger partial charge on any atom is -0.491 e. The van der Waals surface area contributed by atoms with E-state index in [4.69, 9.17) is 10.5 Å². The van der Waals surface area contributed by atoms with E-state index < -0.39 is 11.3 Å². The number of carbonyl (C=O) groups excluding carboxylic acids is 2. The van der Waals surface area contributed by atoms with E-state index in [1.54, 1.807) is 0 Å². The third-order valence-electron chi connectivity index (χ3n) is 4.32. The molecule has 0 aliphatic heterocycles. The summed E-state index contributed by atoms with van der Waals surface area (Å²) < 4.78 is 5.69. The van der Waals surface area contributed by atoms with Crippen LogP contribution in [0.3, 0.4) is 0 Å². The van der Waals surface area contributed by atoms with E-state index in [1.165, 1.54) is 11.3 Å². The number of ether oxygens (including phenoxy) is 1. The number of aryl methyl sites for hydroxylation is 1. The van der Waals surface area contributed by atoms with E-state index >= 15 is 0 Å². The first-order chi connectivity index (χ1) is 11.6. The number of hydrogen-bond donors (Lipinski definition) is 1. The third-order valence-corrected chi connectivity index (χ3v) is 5.41. The minimum absolute atomic E-state index is 0.0121. The fourth-order valence-electron chi connectivity index (χ4n) is 2.97. The molecule has 0 aliphatic carbocycles. The highest BCUT2D eigenvalue weighted by atomic mass is 32.1. The lowest BCUT2D eigenvalue weighted by molar-refractivity contribution is 0.0906. The Labute approximate surface area is 153 Å². The zero-order chi connectivity index (χ0) is 18.9. The molecule has 1 amide bonds. The number of ketones is 1. The predicted molar refractivity (Wildman–Crippen MR) is 102 cm³/mol.